The molecule has 9 nitrogen and oxygen atoms in total. The fourth-order valence-electron chi connectivity index (χ4n) is 2.97. The second-order valence-electron chi connectivity index (χ2n) is 6.70. The molecule has 3 aromatic rings. The number of carbonyl (C=O) groups is 2. The number of carbonyl (C=O) groups excluding carboxylic acids is 2. The molecule has 0 aliphatic carbocycles. The topological polar surface area (TPSA) is 130 Å². The van der Waals surface area contributed by atoms with E-state index in [1.54, 1.807) is 31.2 Å². The second kappa shape index (κ2) is 7.56. The molecule has 3 N–H and O–H groups in total. The van der Waals surface area contributed by atoms with E-state index < -0.39 is 10.0 Å². The molecular weight excluding hydrogens is 406 g/mol. The Kier molecular flexibility index (Phi) is 4.92. The average molecular weight is 423 g/mol. The first-order valence-corrected chi connectivity index (χ1v) is 10.5. The van der Waals surface area contributed by atoms with Gasteiger partial charge in [-0.25, -0.2) is 23.1 Å². The number of aryl methyl sites for hydroxylation is 1. The van der Waals surface area contributed by atoms with Crippen LogP contribution in [0, 0.1) is 6.92 Å². The number of aromatic nitrogens is 2. The summed E-state index contributed by atoms with van der Waals surface area (Å²) >= 11 is 0. The summed E-state index contributed by atoms with van der Waals surface area (Å²) in [5, 5.41) is 5.42. The summed E-state index contributed by atoms with van der Waals surface area (Å²) in [6.45, 7) is 1.73. The Hall–Kier alpha value is -3.79. The van der Waals surface area contributed by atoms with Crippen molar-refractivity contribution in [2.24, 2.45) is 0 Å². The molecule has 30 heavy (non-hydrogen) atoms. The predicted molar refractivity (Wildman–Crippen MR) is 111 cm³/mol. The molecule has 0 saturated heterocycles. The van der Waals surface area contributed by atoms with Crippen molar-refractivity contribution in [2.75, 3.05) is 15.4 Å². The first-order valence-electron chi connectivity index (χ1n) is 8.97. The minimum atomic E-state index is -3.87. The highest BCUT2D eigenvalue weighted by Gasteiger charge is 2.20. The fraction of sp³-hybridized carbons (Fsp3) is 0.100. The molecule has 2 heterocycles. The third-order valence-corrected chi connectivity index (χ3v) is 5.78. The van der Waals surface area contributed by atoms with Gasteiger partial charge < -0.3 is 10.6 Å². The van der Waals surface area contributed by atoms with Crippen LogP contribution in [0.4, 0.5) is 17.3 Å². The average Bonchev–Trinajstić information content (AvgIpc) is 3.07. The summed E-state index contributed by atoms with van der Waals surface area (Å²) in [5.41, 5.74) is 2.93. The Morgan fingerprint density at radius 3 is 2.60 bits per heavy atom. The molecule has 0 fully saturated rings. The van der Waals surface area contributed by atoms with E-state index in [2.05, 4.69) is 25.3 Å². The Balaban J connectivity index is 1.46. The summed E-state index contributed by atoms with van der Waals surface area (Å²) in [4.78, 5) is 31.8. The quantitative estimate of drug-likeness (QED) is 0.577. The van der Waals surface area contributed by atoms with Crippen LogP contribution in [0.3, 0.4) is 0 Å². The molecule has 2 aromatic carbocycles. The number of fused-ring (bicyclic) bond motifs is 1. The molecule has 1 aromatic heterocycles. The van der Waals surface area contributed by atoms with E-state index >= 15 is 0 Å². The molecular formula is C20H17N5O4S. The minimum Gasteiger partial charge on any atom is -0.326 e. The van der Waals surface area contributed by atoms with Crippen LogP contribution in [0.1, 0.15) is 21.6 Å². The highest BCUT2D eigenvalue weighted by molar-refractivity contribution is 7.92. The van der Waals surface area contributed by atoms with Crippen LogP contribution >= 0.6 is 0 Å². The van der Waals surface area contributed by atoms with Crippen molar-refractivity contribution in [3.63, 3.8) is 0 Å². The van der Waals surface area contributed by atoms with E-state index in [1.807, 2.05) is 0 Å². The number of hydrogen-bond donors (Lipinski definition) is 3. The second-order valence-corrected chi connectivity index (χ2v) is 8.38. The van der Waals surface area contributed by atoms with Crippen molar-refractivity contribution in [1.29, 1.82) is 0 Å². The largest absolute Gasteiger partial charge is 0.326 e. The summed E-state index contributed by atoms with van der Waals surface area (Å²) < 4.78 is 27.3. The zero-order chi connectivity index (χ0) is 21.3. The van der Waals surface area contributed by atoms with Crippen LogP contribution in [0.15, 0.2) is 59.6 Å². The maximum Gasteiger partial charge on any atom is 0.264 e. The Bertz CT molecular complexity index is 1260. The van der Waals surface area contributed by atoms with E-state index in [9.17, 15) is 18.0 Å². The van der Waals surface area contributed by atoms with Crippen molar-refractivity contribution in [1.82, 2.24) is 9.97 Å². The zero-order valence-electron chi connectivity index (χ0n) is 15.8. The van der Waals surface area contributed by atoms with Crippen LogP contribution in [0.2, 0.25) is 0 Å². The van der Waals surface area contributed by atoms with Crippen molar-refractivity contribution >= 4 is 39.2 Å². The smallest absolute Gasteiger partial charge is 0.264 e. The Labute approximate surface area is 172 Å². The fourth-order valence-corrected chi connectivity index (χ4v) is 3.92. The van der Waals surface area contributed by atoms with Gasteiger partial charge in [-0.15, -0.1) is 0 Å². The number of nitrogens with zero attached hydrogens (tertiary/aromatic N) is 2. The number of amides is 2. The lowest BCUT2D eigenvalue weighted by atomic mass is 10.1. The van der Waals surface area contributed by atoms with Crippen LogP contribution in [0.25, 0.3) is 0 Å². The maximum absolute atomic E-state index is 12.5. The highest BCUT2D eigenvalue weighted by atomic mass is 32.2. The van der Waals surface area contributed by atoms with Gasteiger partial charge >= 0.3 is 0 Å². The number of anilines is 3. The van der Waals surface area contributed by atoms with Gasteiger partial charge in [-0.1, -0.05) is 0 Å². The van der Waals surface area contributed by atoms with Gasteiger partial charge in [0.15, 0.2) is 0 Å². The molecule has 1 aliphatic rings. The van der Waals surface area contributed by atoms with E-state index in [0.717, 1.165) is 5.56 Å². The van der Waals surface area contributed by atoms with E-state index in [4.69, 9.17) is 0 Å². The van der Waals surface area contributed by atoms with Crippen molar-refractivity contribution in [2.45, 2.75) is 18.2 Å². The maximum atomic E-state index is 12.5. The van der Waals surface area contributed by atoms with E-state index in [-0.39, 0.29) is 29.1 Å². The summed E-state index contributed by atoms with van der Waals surface area (Å²) in [6.07, 6.45) is 1.70. The Morgan fingerprint density at radius 1 is 1.10 bits per heavy atom. The third-order valence-electron chi connectivity index (χ3n) is 4.44. The van der Waals surface area contributed by atoms with Crippen LogP contribution < -0.4 is 15.4 Å². The van der Waals surface area contributed by atoms with Gasteiger partial charge in [-0.3, -0.25) is 9.59 Å². The summed E-state index contributed by atoms with van der Waals surface area (Å²) in [5.74, 6) is -0.486. The molecule has 4 rings (SSSR count). The van der Waals surface area contributed by atoms with Crippen LogP contribution in [0.5, 0.6) is 0 Å². The lowest BCUT2D eigenvalue weighted by Crippen LogP contribution is -2.16. The summed E-state index contributed by atoms with van der Waals surface area (Å²) in [6, 6.07) is 12.3. The van der Waals surface area contributed by atoms with Gasteiger partial charge in [0.25, 0.3) is 15.9 Å². The SMILES string of the molecule is Cc1ccnc(NS(=O)(=O)c2ccc(NC(=O)c3ccc4c(c3)CC(=O)N4)cc2)n1. The molecule has 0 saturated carbocycles. The van der Waals surface area contributed by atoms with Crippen molar-refractivity contribution < 1.29 is 18.0 Å². The van der Waals surface area contributed by atoms with Gasteiger partial charge in [-0.05, 0) is 61.0 Å². The molecule has 152 valence electrons. The first kappa shape index (κ1) is 19.5. The first-order chi connectivity index (χ1) is 14.3. The molecule has 0 atom stereocenters. The molecule has 0 radical (unpaired) electrons. The molecule has 1 aliphatic heterocycles. The van der Waals surface area contributed by atoms with E-state index in [1.165, 1.54) is 30.5 Å². The Morgan fingerprint density at radius 2 is 1.87 bits per heavy atom. The lowest BCUT2D eigenvalue weighted by molar-refractivity contribution is -0.115. The standard InChI is InChI=1S/C20H17N5O4S/c1-12-8-9-21-20(22-12)25-30(28,29)16-5-3-15(4-6-16)23-19(27)13-2-7-17-14(10-13)11-18(26)24-17/h2-10H,11H2,1H3,(H,23,27)(H,24,26)(H,21,22,25). The predicted octanol–water partition coefficient (Wildman–Crippen LogP) is 2.33. The van der Waals surface area contributed by atoms with Crippen LogP contribution in [-0.4, -0.2) is 30.2 Å². The third kappa shape index (κ3) is 4.13. The monoisotopic (exact) mass is 423 g/mol. The minimum absolute atomic E-state index is 0.00715. The van der Waals surface area contributed by atoms with Crippen molar-refractivity contribution in [3.05, 3.63) is 71.5 Å². The van der Waals surface area contributed by atoms with E-state index in [0.29, 0.717) is 22.6 Å². The summed E-state index contributed by atoms with van der Waals surface area (Å²) in [7, 11) is -3.87. The number of rotatable bonds is 5. The van der Waals surface area contributed by atoms with Gasteiger partial charge in [0.05, 0.1) is 11.3 Å². The van der Waals surface area contributed by atoms with Gasteiger partial charge in [0.1, 0.15) is 0 Å². The normalized spacial score (nSPS) is 12.8. The van der Waals surface area contributed by atoms with Gasteiger partial charge in [0, 0.05) is 28.8 Å². The number of hydrogen-bond acceptors (Lipinski definition) is 6. The highest BCUT2D eigenvalue weighted by Crippen LogP contribution is 2.24. The van der Waals surface area contributed by atoms with Crippen LogP contribution in [-0.2, 0) is 21.2 Å². The number of nitrogens with one attached hydrogen (secondary N) is 3. The lowest BCUT2D eigenvalue weighted by Gasteiger charge is -2.09. The molecule has 2 amide bonds. The molecule has 0 spiro atoms. The van der Waals surface area contributed by atoms with Crippen molar-refractivity contribution in [3.8, 4) is 0 Å². The number of benzene rings is 2. The molecule has 10 heteroatoms. The van der Waals surface area contributed by atoms with Gasteiger partial charge in [0.2, 0.25) is 11.9 Å². The molecule has 0 unspecified atom stereocenters. The van der Waals surface area contributed by atoms with Gasteiger partial charge in [-0.2, -0.15) is 0 Å². The zero-order valence-corrected chi connectivity index (χ0v) is 16.7. The molecule has 0 bridgehead atoms. The number of sulfonamides is 1.